The van der Waals surface area contributed by atoms with Crippen LogP contribution in [0.25, 0.3) is 0 Å². The molecule has 0 aromatic heterocycles. The Labute approximate surface area is 157 Å². The Kier molecular flexibility index (Phi) is 6.33. The minimum atomic E-state index is -3.69. The molecule has 1 aliphatic heterocycles. The lowest BCUT2D eigenvalue weighted by atomic mass is 9.56. The number of allylic oxidation sites excluding steroid dienone is 1. The Bertz CT molecular complexity index is 757. The van der Waals surface area contributed by atoms with Crippen molar-refractivity contribution in [3.63, 3.8) is 0 Å². The Morgan fingerprint density at radius 1 is 1.23 bits per heavy atom. The van der Waals surface area contributed by atoms with Crippen molar-refractivity contribution in [1.82, 2.24) is 0 Å². The van der Waals surface area contributed by atoms with Gasteiger partial charge in [0.1, 0.15) is 0 Å². The lowest BCUT2D eigenvalue weighted by Crippen LogP contribution is -2.53. The fourth-order valence-corrected chi connectivity index (χ4v) is 4.95. The minimum Gasteiger partial charge on any atom is -0.396 e. The van der Waals surface area contributed by atoms with Crippen LogP contribution in [0.1, 0.15) is 46.3 Å². The van der Waals surface area contributed by atoms with Crippen LogP contribution in [0.2, 0.25) is 0 Å². The first-order chi connectivity index (χ1) is 12.2. The third-order valence-electron chi connectivity index (χ3n) is 6.08. The summed E-state index contributed by atoms with van der Waals surface area (Å²) < 4.78 is 29.0. The van der Waals surface area contributed by atoms with Crippen LogP contribution in [0.15, 0.2) is 40.8 Å². The summed E-state index contributed by atoms with van der Waals surface area (Å²) in [5.41, 5.74) is 1.95. The first-order valence-electron chi connectivity index (χ1n) is 9.24. The second-order valence-electron chi connectivity index (χ2n) is 7.25. The normalized spacial score (nSPS) is 33.7. The summed E-state index contributed by atoms with van der Waals surface area (Å²) in [4.78, 5) is 0.101. The molecule has 5 unspecified atom stereocenters. The van der Waals surface area contributed by atoms with Crippen LogP contribution < -0.4 is 5.14 Å². The molecule has 2 aliphatic rings. The summed E-state index contributed by atoms with van der Waals surface area (Å²) in [6.07, 6.45) is 2.10. The van der Waals surface area contributed by atoms with Gasteiger partial charge in [-0.3, -0.25) is 0 Å². The van der Waals surface area contributed by atoms with Crippen LogP contribution in [-0.4, -0.2) is 26.7 Å². The molecule has 0 spiro atoms. The molecule has 3 N–H and O–H groups in total. The van der Waals surface area contributed by atoms with E-state index in [9.17, 15) is 13.5 Å². The Hall–Kier alpha value is -1.21. The highest BCUT2D eigenvalue weighted by Gasteiger charge is 2.53. The largest absolute Gasteiger partial charge is 0.396 e. The predicted molar refractivity (Wildman–Crippen MR) is 103 cm³/mol. The molecule has 146 valence electrons. The summed E-state index contributed by atoms with van der Waals surface area (Å²) in [5, 5.41) is 15.2. The van der Waals surface area contributed by atoms with Gasteiger partial charge in [0, 0.05) is 11.3 Å². The van der Waals surface area contributed by atoms with Crippen molar-refractivity contribution in [1.29, 1.82) is 0 Å². The first kappa shape index (κ1) is 21.1. The van der Waals surface area contributed by atoms with Crippen molar-refractivity contribution >= 4 is 10.0 Å². The van der Waals surface area contributed by atoms with Crippen molar-refractivity contribution in [2.24, 2.45) is 28.3 Å². The van der Waals surface area contributed by atoms with Crippen LogP contribution in [0.4, 0.5) is 0 Å². The second kappa shape index (κ2) is 7.80. The molecule has 1 heterocycles. The number of aliphatic hydroxyl groups excluding tert-OH is 1. The molecule has 26 heavy (non-hydrogen) atoms. The van der Waals surface area contributed by atoms with Crippen molar-refractivity contribution in [3.8, 4) is 0 Å². The average molecular weight is 382 g/mol. The summed E-state index contributed by atoms with van der Waals surface area (Å²) in [6, 6.07) is 6.59. The molecule has 0 amide bonds. The molecule has 1 saturated heterocycles. The van der Waals surface area contributed by atoms with Gasteiger partial charge in [-0.25, -0.2) is 13.6 Å². The zero-order valence-electron chi connectivity index (χ0n) is 16.3. The van der Waals surface area contributed by atoms with Crippen LogP contribution in [0.5, 0.6) is 0 Å². The number of primary sulfonamides is 1. The van der Waals surface area contributed by atoms with Crippen LogP contribution in [0.3, 0.4) is 0 Å². The molecular weight excluding hydrogens is 350 g/mol. The van der Waals surface area contributed by atoms with Gasteiger partial charge in [-0.1, -0.05) is 51.5 Å². The molecular formula is C20H31NO4S. The highest BCUT2D eigenvalue weighted by atomic mass is 32.2. The molecule has 6 heteroatoms. The molecule has 1 fully saturated rings. The molecule has 0 saturated carbocycles. The van der Waals surface area contributed by atoms with Gasteiger partial charge in [-0.05, 0) is 36.5 Å². The molecule has 1 aliphatic carbocycles. The SMILES string of the molecule is CC.CC1=CC(C)C2(CO)COC(c3ccc(S(N)(=O)=O)cc3)C1C2C. The number of benzene rings is 1. The Morgan fingerprint density at radius 3 is 2.31 bits per heavy atom. The standard InChI is InChI=1S/C18H25NO4S.C2H6/c1-11-8-12(2)18(9-20)10-23-17(16(11)13(18)3)14-4-6-15(7-5-14)24(19,21)22;1-2/h4-8,12-13,16-17,20H,9-10H2,1-3H3,(H2,19,21,22);1-2H3. The zero-order valence-corrected chi connectivity index (χ0v) is 17.1. The van der Waals surface area contributed by atoms with E-state index in [4.69, 9.17) is 9.88 Å². The van der Waals surface area contributed by atoms with Crippen LogP contribution in [-0.2, 0) is 14.8 Å². The highest BCUT2D eigenvalue weighted by molar-refractivity contribution is 7.89. The maximum atomic E-state index is 11.4. The number of rotatable bonds is 3. The van der Waals surface area contributed by atoms with E-state index in [2.05, 4.69) is 26.8 Å². The fraction of sp³-hybridized carbons (Fsp3) is 0.600. The molecule has 1 aromatic carbocycles. The summed E-state index contributed by atoms with van der Waals surface area (Å²) in [6.45, 7) is 11.0. The van der Waals surface area contributed by atoms with Crippen molar-refractivity contribution in [2.45, 2.75) is 45.6 Å². The number of sulfonamides is 1. The minimum absolute atomic E-state index is 0.101. The van der Waals surface area contributed by atoms with E-state index < -0.39 is 10.0 Å². The quantitative estimate of drug-likeness (QED) is 0.787. The van der Waals surface area contributed by atoms with Crippen LogP contribution >= 0.6 is 0 Å². The van der Waals surface area contributed by atoms with E-state index in [-0.39, 0.29) is 40.8 Å². The van der Waals surface area contributed by atoms with Gasteiger partial charge >= 0.3 is 0 Å². The van der Waals surface area contributed by atoms with E-state index in [0.29, 0.717) is 6.61 Å². The lowest BCUT2D eigenvalue weighted by Gasteiger charge is -2.55. The number of hydrogen-bond donors (Lipinski definition) is 2. The van der Waals surface area contributed by atoms with Gasteiger partial charge in [0.25, 0.3) is 0 Å². The first-order valence-corrected chi connectivity index (χ1v) is 10.8. The molecule has 3 rings (SSSR count). The second-order valence-corrected chi connectivity index (χ2v) is 8.81. The van der Waals surface area contributed by atoms with Crippen molar-refractivity contribution < 1.29 is 18.3 Å². The van der Waals surface area contributed by atoms with E-state index in [0.717, 1.165) is 5.56 Å². The van der Waals surface area contributed by atoms with Crippen molar-refractivity contribution in [2.75, 3.05) is 13.2 Å². The Morgan fingerprint density at radius 2 is 1.81 bits per heavy atom. The average Bonchev–Trinajstić information content (AvgIpc) is 2.61. The topological polar surface area (TPSA) is 89.6 Å². The third kappa shape index (κ3) is 3.48. The maximum Gasteiger partial charge on any atom is 0.238 e. The number of nitrogens with two attached hydrogens (primary N) is 1. The van der Waals surface area contributed by atoms with Gasteiger partial charge in [0.15, 0.2) is 0 Å². The number of aliphatic hydroxyl groups is 1. The van der Waals surface area contributed by atoms with Gasteiger partial charge in [0.05, 0.1) is 24.2 Å². The Balaban J connectivity index is 0.00000117. The smallest absolute Gasteiger partial charge is 0.238 e. The van der Waals surface area contributed by atoms with Crippen molar-refractivity contribution in [3.05, 3.63) is 41.5 Å². The summed E-state index contributed by atoms with van der Waals surface area (Å²) >= 11 is 0. The summed E-state index contributed by atoms with van der Waals surface area (Å²) in [5.74, 6) is 0.709. The van der Waals surface area contributed by atoms with E-state index in [1.807, 2.05) is 13.8 Å². The van der Waals surface area contributed by atoms with E-state index in [1.165, 1.54) is 17.7 Å². The van der Waals surface area contributed by atoms with E-state index in [1.54, 1.807) is 12.1 Å². The lowest BCUT2D eigenvalue weighted by molar-refractivity contribution is -0.165. The molecule has 5 nitrogen and oxygen atoms in total. The molecule has 0 radical (unpaired) electrons. The number of fused-ring (bicyclic) bond motifs is 2. The molecule has 1 aromatic rings. The van der Waals surface area contributed by atoms with Gasteiger partial charge in [-0.2, -0.15) is 0 Å². The maximum absolute atomic E-state index is 11.4. The monoisotopic (exact) mass is 381 g/mol. The highest BCUT2D eigenvalue weighted by Crippen LogP contribution is 2.55. The zero-order chi connectivity index (χ0) is 19.7. The van der Waals surface area contributed by atoms with Gasteiger partial charge < -0.3 is 9.84 Å². The van der Waals surface area contributed by atoms with Gasteiger partial charge in [0.2, 0.25) is 10.0 Å². The predicted octanol–water partition coefficient (Wildman–Crippen LogP) is 3.26. The summed E-state index contributed by atoms with van der Waals surface area (Å²) in [7, 11) is -3.69. The van der Waals surface area contributed by atoms with Crippen LogP contribution in [0, 0.1) is 23.2 Å². The van der Waals surface area contributed by atoms with Gasteiger partial charge in [-0.15, -0.1) is 0 Å². The third-order valence-corrected chi connectivity index (χ3v) is 7.01. The number of ether oxygens (including phenoxy) is 1. The van der Waals surface area contributed by atoms with E-state index >= 15 is 0 Å². The fourth-order valence-electron chi connectivity index (χ4n) is 4.43. The molecule has 2 bridgehead atoms. The molecule has 5 atom stereocenters. The number of hydrogen-bond acceptors (Lipinski definition) is 4.